The molecule has 5 nitrogen and oxygen atoms in total. The monoisotopic (exact) mass is 505 g/mol. The molecule has 0 aromatic heterocycles. The van der Waals surface area contributed by atoms with Gasteiger partial charge in [-0.3, -0.25) is 0 Å². The largest absolute Gasteiger partial charge is 0.376 e. The number of rotatable bonds is 6. The van der Waals surface area contributed by atoms with Crippen LogP contribution in [0.1, 0.15) is 44.6 Å². The average Bonchev–Trinajstić information content (AvgIpc) is 2.72. The Morgan fingerprint density at radius 3 is 2.61 bits per heavy atom. The first-order chi connectivity index (χ1) is 13.2. The Morgan fingerprint density at radius 1 is 1.21 bits per heavy atom. The van der Waals surface area contributed by atoms with Crippen LogP contribution in [0.3, 0.4) is 0 Å². The first-order valence-electron chi connectivity index (χ1n) is 10.3. The molecule has 7 heteroatoms. The summed E-state index contributed by atoms with van der Waals surface area (Å²) >= 11 is 0. The molecule has 2 aliphatic heterocycles. The van der Waals surface area contributed by atoms with Gasteiger partial charge in [0.1, 0.15) is 5.82 Å². The van der Waals surface area contributed by atoms with Crippen LogP contribution in [-0.4, -0.2) is 55.9 Å². The molecule has 2 aliphatic rings. The van der Waals surface area contributed by atoms with E-state index in [1.165, 1.54) is 25.0 Å². The summed E-state index contributed by atoms with van der Waals surface area (Å²) in [5.74, 6) is 0.714. The Morgan fingerprint density at radius 2 is 1.96 bits per heavy atom. The van der Waals surface area contributed by atoms with E-state index in [1.807, 2.05) is 0 Å². The Balaban J connectivity index is 0.00000280. The summed E-state index contributed by atoms with van der Waals surface area (Å²) in [5.41, 5.74) is 1.01. The molecule has 2 heterocycles. The van der Waals surface area contributed by atoms with Crippen LogP contribution in [0.4, 0.5) is 4.39 Å². The standard InChI is InChI=1S/C21H32FN3O2.HI/c1-2-23-21(24-15-17-6-8-18(22)9-7-17)25-12-10-19(11-13-25)27-16-20-5-3-4-14-26-20;/h6-9,19-20H,2-5,10-16H2,1H3,(H,23,24);1H. The molecule has 0 aliphatic carbocycles. The van der Waals surface area contributed by atoms with Gasteiger partial charge >= 0.3 is 0 Å². The summed E-state index contributed by atoms with van der Waals surface area (Å²) in [6.07, 6.45) is 6.17. The van der Waals surface area contributed by atoms with Crippen LogP contribution in [0, 0.1) is 5.82 Å². The van der Waals surface area contributed by atoms with Gasteiger partial charge in [-0.1, -0.05) is 12.1 Å². The van der Waals surface area contributed by atoms with E-state index >= 15 is 0 Å². The topological polar surface area (TPSA) is 46.1 Å². The lowest BCUT2D eigenvalue weighted by molar-refractivity contribution is -0.0721. The first-order valence-corrected chi connectivity index (χ1v) is 10.3. The first kappa shape index (κ1) is 23.3. The third kappa shape index (κ3) is 7.48. The second-order valence-electron chi connectivity index (χ2n) is 7.30. The van der Waals surface area contributed by atoms with Crippen molar-refractivity contribution in [3.8, 4) is 0 Å². The average molecular weight is 505 g/mol. The van der Waals surface area contributed by atoms with Gasteiger partial charge in [0.05, 0.1) is 25.4 Å². The van der Waals surface area contributed by atoms with Crippen molar-refractivity contribution in [3.63, 3.8) is 0 Å². The van der Waals surface area contributed by atoms with Crippen molar-refractivity contribution in [2.75, 3.05) is 32.8 Å². The highest BCUT2D eigenvalue weighted by Crippen LogP contribution is 2.18. The maximum absolute atomic E-state index is 13.0. The van der Waals surface area contributed by atoms with Crippen molar-refractivity contribution in [2.24, 2.45) is 4.99 Å². The second-order valence-corrected chi connectivity index (χ2v) is 7.30. The highest BCUT2D eigenvalue weighted by Gasteiger charge is 2.23. The van der Waals surface area contributed by atoms with Crippen LogP contribution in [0.5, 0.6) is 0 Å². The third-order valence-electron chi connectivity index (χ3n) is 5.19. The van der Waals surface area contributed by atoms with Gasteiger partial charge in [0.15, 0.2) is 5.96 Å². The molecule has 0 amide bonds. The maximum Gasteiger partial charge on any atom is 0.194 e. The predicted molar refractivity (Wildman–Crippen MR) is 121 cm³/mol. The lowest BCUT2D eigenvalue weighted by Crippen LogP contribution is -2.47. The van der Waals surface area contributed by atoms with Crippen molar-refractivity contribution in [3.05, 3.63) is 35.6 Å². The number of aliphatic imine (C=N–C) groups is 1. The molecule has 158 valence electrons. The summed E-state index contributed by atoms with van der Waals surface area (Å²) in [6, 6.07) is 6.54. The van der Waals surface area contributed by atoms with Crippen LogP contribution < -0.4 is 5.32 Å². The highest BCUT2D eigenvalue weighted by molar-refractivity contribution is 14.0. The van der Waals surface area contributed by atoms with Gasteiger partial charge in [-0.25, -0.2) is 9.38 Å². The number of guanidine groups is 1. The minimum absolute atomic E-state index is 0. The molecule has 0 spiro atoms. The molecule has 1 aromatic rings. The number of halogens is 2. The van der Waals surface area contributed by atoms with E-state index in [0.29, 0.717) is 12.6 Å². The molecule has 1 unspecified atom stereocenters. The maximum atomic E-state index is 13.0. The number of nitrogens with zero attached hydrogens (tertiary/aromatic N) is 2. The SMILES string of the molecule is CCNC(=NCc1ccc(F)cc1)N1CCC(OCC2CCCCO2)CC1.I. The second kappa shape index (κ2) is 12.6. The van der Waals surface area contributed by atoms with Gasteiger partial charge in [0.25, 0.3) is 0 Å². The number of ether oxygens (including phenoxy) is 2. The zero-order valence-corrected chi connectivity index (χ0v) is 19.1. The van der Waals surface area contributed by atoms with Gasteiger partial charge < -0.3 is 19.7 Å². The van der Waals surface area contributed by atoms with E-state index in [2.05, 4.69) is 17.1 Å². The van der Waals surface area contributed by atoms with E-state index < -0.39 is 0 Å². The van der Waals surface area contributed by atoms with Crippen LogP contribution in [0.25, 0.3) is 0 Å². The molecule has 1 atom stereocenters. The van der Waals surface area contributed by atoms with E-state index in [-0.39, 0.29) is 35.9 Å². The molecule has 3 rings (SSSR count). The lowest BCUT2D eigenvalue weighted by Gasteiger charge is -2.35. The van der Waals surface area contributed by atoms with E-state index in [1.54, 1.807) is 12.1 Å². The smallest absolute Gasteiger partial charge is 0.194 e. The summed E-state index contributed by atoms with van der Waals surface area (Å²) in [4.78, 5) is 7.03. The summed E-state index contributed by atoms with van der Waals surface area (Å²) in [7, 11) is 0. The summed E-state index contributed by atoms with van der Waals surface area (Å²) in [5, 5.41) is 3.37. The lowest BCUT2D eigenvalue weighted by atomic mass is 10.1. The predicted octanol–water partition coefficient (Wildman–Crippen LogP) is 3.96. The Kier molecular flexibility index (Phi) is 10.5. The number of nitrogens with one attached hydrogen (secondary N) is 1. The van der Waals surface area contributed by atoms with Crippen LogP contribution in [0.15, 0.2) is 29.3 Å². The zero-order valence-electron chi connectivity index (χ0n) is 16.7. The van der Waals surface area contributed by atoms with Crippen molar-refractivity contribution in [1.29, 1.82) is 0 Å². The fraction of sp³-hybridized carbons (Fsp3) is 0.667. The van der Waals surface area contributed by atoms with E-state index in [4.69, 9.17) is 14.5 Å². The minimum atomic E-state index is -0.213. The van der Waals surface area contributed by atoms with Crippen molar-refractivity contribution >= 4 is 29.9 Å². The van der Waals surface area contributed by atoms with Gasteiger partial charge in [0.2, 0.25) is 0 Å². The van der Waals surface area contributed by atoms with Crippen molar-refractivity contribution in [2.45, 2.75) is 57.8 Å². The molecular weight excluding hydrogens is 472 g/mol. The number of piperidine rings is 1. The number of hydrogen-bond acceptors (Lipinski definition) is 3. The highest BCUT2D eigenvalue weighted by atomic mass is 127. The third-order valence-corrected chi connectivity index (χ3v) is 5.19. The molecule has 0 bridgehead atoms. The molecule has 2 fully saturated rings. The van der Waals surface area contributed by atoms with E-state index in [0.717, 1.165) is 63.6 Å². The van der Waals surface area contributed by atoms with Gasteiger partial charge in [0, 0.05) is 26.2 Å². The van der Waals surface area contributed by atoms with Gasteiger partial charge in [-0.15, -0.1) is 24.0 Å². The number of hydrogen-bond donors (Lipinski definition) is 1. The quantitative estimate of drug-likeness (QED) is 0.361. The normalized spacial score (nSPS) is 21.3. The Hall–Kier alpha value is -0.930. The minimum Gasteiger partial charge on any atom is -0.376 e. The summed E-state index contributed by atoms with van der Waals surface area (Å²) < 4.78 is 24.9. The summed E-state index contributed by atoms with van der Waals surface area (Å²) in [6.45, 7) is 6.94. The van der Waals surface area contributed by atoms with Gasteiger partial charge in [-0.05, 0) is 56.7 Å². The molecule has 0 radical (unpaired) electrons. The number of benzene rings is 1. The molecule has 0 saturated carbocycles. The van der Waals surface area contributed by atoms with Crippen LogP contribution in [0.2, 0.25) is 0 Å². The van der Waals surface area contributed by atoms with Crippen LogP contribution in [-0.2, 0) is 16.0 Å². The van der Waals surface area contributed by atoms with Crippen molar-refractivity contribution in [1.82, 2.24) is 10.2 Å². The molecule has 1 N–H and O–H groups in total. The van der Waals surface area contributed by atoms with E-state index in [9.17, 15) is 4.39 Å². The Bertz CT molecular complexity index is 586. The molecule has 28 heavy (non-hydrogen) atoms. The molecular formula is C21H33FIN3O2. The zero-order chi connectivity index (χ0) is 18.9. The van der Waals surface area contributed by atoms with Crippen LogP contribution >= 0.6 is 24.0 Å². The molecule has 1 aromatic carbocycles. The van der Waals surface area contributed by atoms with Crippen molar-refractivity contribution < 1.29 is 13.9 Å². The Labute approximate surface area is 185 Å². The molecule has 2 saturated heterocycles. The number of likely N-dealkylation sites (tertiary alicyclic amines) is 1. The fourth-order valence-corrected chi connectivity index (χ4v) is 3.60. The fourth-order valence-electron chi connectivity index (χ4n) is 3.60. The van der Waals surface area contributed by atoms with Gasteiger partial charge in [-0.2, -0.15) is 0 Å².